The molecule has 1 unspecified atom stereocenters. The number of esters is 1. The first-order valence-electron chi connectivity index (χ1n) is 8.35. The highest BCUT2D eigenvalue weighted by molar-refractivity contribution is 7.10. The molecule has 1 aromatic heterocycles. The molecule has 0 aliphatic heterocycles. The van der Waals surface area contributed by atoms with Crippen LogP contribution in [-0.2, 0) is 16.0 Å². The Kier molecular flexibility index (Phi) is 7.13. The van der Waals surface area contributed by atoms with Crippen LogP contribution in [0.15, 0.2) is 23.6 Å². The Morgan fingerprint density at radius 2 is 2.23 bits per heavy atom. The van der Waals surface area contributed by atoms with E-state index in [4.69, 9.17) is 4.74 Å². The van der Waals surface area contributed by atoms with Crippen LogP contribution in [0.1, 0.15) is 49.5 Å². The molecule has 4 heteroatoms. The number of carbonyl (C=O) groups excluding carboxylic acids is 1. The molecule has 0 radical (unpaired) electrons. The molecule has 1 aliphatic rings. The minimum Gasteiger partial charge on any atom is -0.464 e. The molecule has 3 nitrogen and oxygen atoms in total. The number of ether oxygens (including phenoxy) is 1. The van der Waals surface area contributed by atoms with Gasteiger partial charge in [0.05, 0.1) is 6.42 Å². The van der Waals surface area contributed by atoms with Gasteiger partial charge in [-0.3, -0.25) is 4.79 Å². The molecule has 0 bridgehead atoms. The number of thiophene rings is 1. The van der Waals surface area contributed by atoms with E-state index in [1.807, 2.05) is 0 Å². The standard InChI is InChI=1S/C18H27NO2S/c1-3-19(4-2)11-12-21-18(20)14-17-16(10-13-22-17)15-8-6-5-7-9-15/h6,8,10,13,15H,3-5,7,9,11-12,14H2,1-2H3. The summed E-state index contributed by atoms with van der Waals surface area (Å²) in [7, 11) is 0. The lowest BCUT2D eigenvalue weighted by atomic mass is 9.89. The van der Waals surface area contributed by atoms with E-state index in [1.54, 1.807) is 11.3 Å². The van der Waals surface area contributed by atoms with Crippen LogP contribution in [0.5, 0.6) is 0 Å². The number of nitrogens with zero attached hydrogens (tertiary/aromatic N) is 1. The number of rotatable bonds is 8. The molecule has 22 heavy (non-hydrogen) atoms. The summed E-state index contributed by atoms with van der Waals surface area (Å²) in [5.41, 5.74) is 1.32. The lowest BCUT2D eigenvalue weighted by molar-refractivity contribution is -0.143. The van der Waals surface area contributed by atoms with Crippen LogP contribution < -0.4 is 0 Å². The summed E-state index contributed by atoms with van der Waals surface area (Å²) in [6, 6.07) is 2.17. The maximum atomic E-state index is 12.1. The zero-order valence-corrected chi connectivity index (χ0v) is 14.5. The number of likely N-dealkylation sites (N-methyl/N-ethyl adjacent to an activating group) is 1. The number of hydrogen-bond donors (Lipinski definition) is 0. The molecule has 0 saturated heterocycles. The highest BCUT2D eigenvalue weighted by Gasteiger charge is 2.18. The highest BCUT2D eigenvalue weighted by atomic mass is 32.1. The third kappa shape index (κ3) is 4.96. The summed E-state index contributed by atoms with van der Waals surface area (Å²) in [6.07, 6.45) is 8.58. The van der Waals surface area contributed by atoms with Crippen LogP contribution in [0.2, 0.25) is 0 Å². The first-order chi connectivity index (χ1) is 10.7. The maximum Gasteiger partial charge on any atom is 0.311 e. The van der Waals surface area contributed by atoms with E-state index >= 15 is 0 Å². The molecule has 0 amide bonds. The summed E-state index contributed by atoms with van der Waals surface area (Å²) in [5, 5.41) is 2.09. The van der Waals surface area contributed by atoms with Crippen LogP contribution in [0.25, 0.3) is 0 Å². The van der Waals surface area contributed by atoms with Crippen molar-refractivity contribution in [2.45, 2.75) is 45.4 Å². The van der Waals surface area contributed by atoms with Gasteiger partial charge >= 0.3 is 5.97 Å². The summed E-state index contributed by atoms with van der Waals surface area (Å²) in [6.45, 7) is 7.56. The summed E-state index contributed by atoms with van der Waals surface area (Å²) >= 11 is 1.68. The van der Waals surface area contributed by atoms with Crippen LogP contribution in [0.3, 0.4) is 0 Å². The third-order valence-electron chi connectivity index (χ3n) is 4.30. The molecule has 122 valence electrons. The second kappa shape index (κ2) is 9.11. The molecule has 0 N–H and O–H groups in total. The topological polar surface area (TPSA) is 29.5 Å². The van der Waals surface area contributed by atoms with Gasteiger partial charge in [0.15, 0.2) is 0 Å². The summed E-state index contributed by atoms with van der Waals surface area (Å²) < 4.78 is 5.40. The van der Waals surface area contributed by atoms with Gasteiger partial charge in [-0.25, -0.2) is 0 Å². The Labute approximate surface area is 138 Å². The number of allylic oxidation sites excluding steroid dienone is 2. The monoisotopic (exact) mass is 321 g/mol. The maximum absolute atomic E-state index is 12.1. The van der Waals surface area contributed by atoms with Crippen molar-refractivity contribution in [2.75, 3.05) is 26.2 Å². The van der Waals surface area contributed by atoms with Crippen LogP contribution in [0, 0.1) is 0 Å². The van der Waals surface area contributed by atoms with Gasteiger partial charge in [-0.2, -0.15) is 0 Å². The van der Waals surface area contributed by atoms with Crippen molar-refractivity contribution in [1.29, 1.82) is 0 Å². The first-order valence-corrected chi connectivity index (χ1v) is 9.23. The molecule has 0 saturated carbocycles. The van der Waals surface area contributed by atoms with E-state index in [1.165, 1.54) is 29.7 Å². The van der Waals surface area contributed by atoms with E-state index < -0.39 is 0 Å². The number of hydrogen-bond acceptors (Lipinski definition) is 4. The van der Waals surface area contributed by atoms with Crippen LogP contribution >= 0.6 is 11.3 Å². The second-order valence-corrected chi connectivity index (χ2v) is 6.69. The minimum absolute atomic E-state index is 0.101. The largest absolute Gasteiger partial charge is 0.464 e. The van der Waals surface area contributed by atoms with Crippen LogP contribution in [-0.4, -0.2) is 37.1 Å². The Bertz CT molecular complexity index is 491. The average molecular weight is 321 g/mol. The molecular weight excluding hydrogens is 294 g/mol. The predicted octanol–water partition coefficient (Wildman–Crippen LogP) is 4.00. The highest BCUT2D eigenvalue weighted by Crippen LogP contribution is 2.33. The zero-order chi connectivity index (χ0) is 15.8. The second-order valence-electron chi connectivity index (χ2n) is 5.69. The first kappa shape index (κ1) is 17.2. The van der Waals surface area contributed by atoms with E-state index in [0.29, 0.717) is 18.9 Å². The van der Waals surface area contributed by atoms with Gasteiger partial charge in [0.2, 0.25) is 0 Å². The Morgan fingerprint density at radius 1 is 1.41 bits per heavy atom. The van der Waals surface area contributed by atoms with E-state index in [-0.39, 0.29) is 5.97 Å². The molecule has 1 aromatic rings. The van der Waals surface area contributed by atoms with Gasteiger partial charge in [-0.05, 0) is 49.4 Å². The van der Waals surface area contributed by atoms with E-state index in [9.17, 15) is 4.79 Å². The van der Waals surface area contributed by atoms with Crippen molar-refractivity contribution in [2.24, 2.45) is 0 Å². The van der Waals surface area contributed by atoms with Gasteiger partial charge in [-0.15, -0.1) is 11.3 Å². The van der Waals surface area contributed by atoms with Gasteiger partial charge in [0.25, 0.3) is 0 Å². The minimum atomic E-state index is -0.101. The molecule has 1 atom stereocenters. The van der Waals surface area contributed by atoms with Crippen molar-refractivity contribution in [3.8, 4) is 0 Å². The normalized spacial score (nSPS) is 17.9. The zero-order valence-electron chi connectivity index (χ0n) is 13.7. The summed E-state index contributed by atoms with van der Waals surface area (Å²) in [4.78, 5) is 15.5. The van der Waals surface area contributed by atoms with Crippen molar-refractivity contribution >= 4 is 17.3 Å². The van der Waals surface area contributed by atoms with E-state index in [0.717, 1.165) is 19.6 Å². The molecule has 1 aliphatic carbocycles. The molecular formula is C18H27NO2S. The van der Waals surface area contributed by atoms with Crippen molar-refractivity contribution in [3.05, 3.63) is 34.0 Å². The van der Waals surface area contributed by atoms with Gasteiger partial charge < -0.3 is 9.64 Å². The third-order valence-corrected chi connectivity index (χ3v) is 5.24. The van der Waals surface area contributed by atoms with Crippen molar-refractivity contribution in [3.63, 3.8) is 0 Å². The fourth-order valence-corrected chi connectivity index (χ4v) is 3.84. The van der Waals surface area contributed by atoms with Gasteiger partial charge in [-0.1, -0.05) is 26.0 Å². The smallest absolute Gasteiger partial charge is 0.311 e. The fourth-order valence-electron chi connectivity index (χ4n) is 2.91. The average Bonchev–Trinajstić information content (AvgIpc) is 3.00. The van der Waals surface area contributed by atoms with Crippen molar-refractivity contribution in [1.82, 2.24) is 4.90 Å². The molecule has 1 heterocycles. The predicted molar refractivity (Wildman–Crippen MR) is 92.5 cm³/mol. The Hall–Kier alpha value is -1.13. The Balaban J connectivity index is 1.83. The Morgan fingerprint density at radius 3 is 2.91 bits per heavy atom. The molecule has 0 aromatic carbocycles. The van der Waals surface area contributed by atoms with Gasteiger partial charge in [0.1, 0.15) is 6.61 Å². The number of carbonyl (C=O) groups is 1. The quantitative estimate of drug-likeness (QED) is 0.535. The molecule has 2 rings (SSSR count). The summed E-state index contributed by atoms with van der Waals surface area (Å²) in [5.74, 6) is 0.383. The van der Waals surface area contributed by atoms with Gasteiger partial charge in [0, 0.05) is 17.3 Å². The SMILES string of the molecule is CCN(CC)CCOC(=O)Cc1sccc1C1C=CCCC1. The lowest BCUT2D eigenvalue weighted by Crippen LogP contribution is -2.28. The lowest BCUT2D eigenvalue weighted by Gasteiger charge is -2.18. The fraction of sp³-hybridized carbons (Fsp3) is 0.611. The van der Waals surface area contributed by atoms with E-state index in [2.05, 4.69) is 42.3 Å². The molecule has 0 spiro atoms. The van der Waals surface area contributed by atoms with Crippen molar-refractivity contribution < 1.29 is 9.53 Å². The molecule has 0 fully saturated rings. The van der Waals surface area contributed by atoms with Crippen LogP contribution in [0.4, 0.5) is 0 Å².